The molecule has 0 spiro atoms. The molecule has 0 unspecified atom stereocenters. The average Bonchev–Trinajstić information content (AvgIpc) is 3.56. The lowest BCUT2D eigenvalue weighted by atomic mass is 10.1. The van der Waals surface area contributed by atoms with Crippen molar-refractivity contribution in [2.45, 2.75) is 44.2 Å². The summed E-state index contributed by atoms with van der Waals surface area (Å²) < 4.78 is 52.7. The van der Waals surface area contributed by atoms with Gasteiger partial charge in [-0.1, -0.05) is 35.9 Å². The third-order valence-electron chi connectivity index (χ3n) is 5.34. The first-order chi connectivity index (χ1) is 16.4. The van der Waals surface area contributed by atoms with Crippen LogP contribution in [0, 0.1) is 13.8 Å². The van der Waals surface area contributed by atoms with E-state index >= 15 is 0 Å². The van der Waals surface area contributed by atoms with Crippen LogP contribution >= 0.6 is 11.6 Å². The van der Waals surface area contributed by atoms with Gasteiger partial charge in [0.1, 0.15) is 0 Å². The minimum atomic E-state index is -3.84. The van der Waals surface area contributed by atoms with Gasteiger partial charge in [0.25, 0.3) is 10.2 Å². The van der Waals surface area contributed by atoms with E-state index in [0.29, 0.717) is 27.5 Å². The van der Waals surface area contributed by atoms with Gasteiger partial charge in [-0.2, -0.15) is 17.9 Å². The number of hydrogen-bond donors (Lipinski definition) is 5. The van der Waals surface area contributed by atoms with Crippen molar-refractivity contribution in [3.05, 3.63) is 64.3 Å². The topological polar surface area (TPSA) is 191 Å². The summed E-state index contributed by atoms with van der Waals surface area (Å²) in [5.41, 5.74) is 3.59. The van der Waals surface area contributed by atoms with E-state index in [1.54, 1.807) is 50.2 Å². The molecule has 1 fully saturated rings. The van der Waals surface area contributed by atoms with Crippen molar-refractivity contribution >= 4 is 43.5 Å². The molecule has 0 atom stereocenters. The smallest absolute Gasteiger partial charge is 0.277 e. The number of nitrogens with zero attached hydrogens (tertiary/aromatic N) is 2. The van der Waals surface area contributed by atoms with Crippen LogP contribution in [0.2, 0.25) is 5.02 Å². The fourth-order valence-electron chi connectivity index (χ4n) is 3.65. The molecule has 11 nitrogen and oxygen atoms in total. The van der Waals surface area contributed by atoms with Crippen LogP contribution in [0.25, 0.3) is 11.3 Å². The van der Waals surface area contributed by atoms with E-state index in [4.69, 9.17) is 16.7 Å². The van der Waals surface area contributed by atoms with Gasteiger partial charge in [0.15, 0.2) is 0 Å². The number of halogens is 1. The van der Waals surface area contributed by atoms with Gasteiger partial charge in [0.05, 0.1) is 21.8 Å². The Hall–Kier alpha value is -2.65. The lowest BCUT2D eigenvalue weighted by molar-refractivity contribution is 0.565. The van der Waals surface area contributed by atoms with Crippen LogP contribution in [0.3, 0.4) is 0 Å². The van der Waals surface area contributed by atoms with Gasteiger partial charge in [-0.25, -0.2) is 23.5 Å². The molecule has 1 aromatic heterocycles. The summed E-state index contributed by atoms with van der Waals surface area (Å²) in [6.07, 6.45) is 3.20. The standard InChI is InChI=1S/C22H25ClN6O4S2.H3N/c1-13-9-18(10-14(2)21(13)34(24,30)31)27-22-25-12-19(23)20(28-22)16-5-3-15(4-6-16)11-26-35(32,33)29-17-7-8-17;/h3-6,9-10,12,17,26,29H,7-8,11H2,1-2H3,(H2,24,30,31)(H,25,27,28);1H3. The molecule has 14 heteroatoms. The van der Waals surface area contributed by atoms with E-state index in [0.717, 1.165) is 24.0 Å². The predicted octanol–water partition coefficient (Wildman–Crippen LogP) is 3.05. The van der Waals surface area contributed by atoms with Crippen molar-refractivity contribution in [3.8, 4) is 11.3 Å². The van der Waals surface area contributed by atoms with Gasteiger partial charge in [-0.15, -0.1) is 0 Å². The Morgan fingerprint density at radius 2 is 1.67 bits per heavy atom. The number of benzene rings is 2. The SMILES string of the molecule is Cc1cc(Nc2ncc(Cl)c(-c3ccc(CNS(=O)(=O)NC4CC4)cc3)n2)cc(C)c1S(N)(=O)=O.N. The van der Waals surface area contributed by atoms with E-state index in [9.17, 15) is 16.8 Å². The van der Waals surface area contributed by atoms with E-state index in [1.165, 1.54) is 6.20 Å². The third kappa shape index (κ3) is 6.97. The zero-order valence-electron chi connectivity index (χ0n) is 19.7. The number of hydrogen-bond acceptors (Lipinski definition) is 8. The van der Waals surface area contributed by atoms with E-state index in [1.807, 2.05) is 0 Å². The summed E-state index contributed by atoms with van der Waals surface area (Å²) in [5, 5.41) is 8.72. The van der Waals surface area contributed by atoms with Gasteiger partial charge in [-0.05, 0) is 55.5 Å². The number of aryl methyl sites for hydroxylation is 2. The maximum absolute atomic E-state index is 12.0. The summed E-state index contributed by atoms with van der Waals surface area (Å²) in [6.45, 7) is 3.48. The highest BCUT2D eigenvalue weighted by atomic mass is 35.5. The molecule has 0 saturated heterocycles. The largest absolute Gasteiger partial charge is 0.344 e. The van der Waals surface area contributed by atoms with Crippen molar-refractivity contribution in [1.29, 1.82) is 0 Å². The van der Waals surface area contributed by atoms with Gasteiger partial charge in [0.2, 0.25) is 16.0 Å². The second kappa shape index (κ2) is 10.8. The van der Waals surface area contributed by atoms with Crippen molar-refractivity contribution in [2.24, 2.45) is 5.14 Å². The van der Waals surface area contributed by atoms with Gasteiger partial charge in [-0.3, -0.25) is 0 Å². The fraction of sp³-hybridized carbons (Fsp3) is 0.273. The molecule has 0 amide bonds. The molecule has 36 heavy (non-hydrogen) atoms. The normalized spacial score (nSPS) is 13.8. The average molecular weight is 554 g/mol. The van der Waals surface area contributed by atoms with E-state index in [-0.39, 0.29) is 29.6 Å². The Bertz CT molecular complexity index is 1450. The van der Waals surface area contributed by atoms with Crippen molar-refractivity contribution < 1.29 is 16.8 Å². The van der Waals surface area contributed by atoms with Gasteiger partial charge in [0, 0.05) is 23.8 Å². The number of nitrogens with two attached hydrogens (primary N) is 1. The van der Waals surface area contributed by atoms with Crippen LogP contribution in [-0.4, -0.2) is 32.8 Å². The zero-order chi connectivity index (χ0) is 25.4. The minimum Gasteiger partial charge on any atom is -0.344 e. The summed E-state index contributed by atoms with van der Waals surface area (Å²) in [7, 11) is -7.37. The predicted molar refractivity (Wildman–Crippen MR) is 140 cm³/mol. The molecule has 0 bridgehead atoms. The van der Waals surface area contributed by atoms with Crippen LogP contribution < -0.4 is 26.1 Å². The van der Waals surface area contributed by atoms with Gasteiger partial charge >= 0.3 is 0 Å². The maximum Gasteiger partial charge on any atom is 0.277 e. The molecule has 3 aromatic rings. The van der Waals surface area contributed by atoms with Crippen molar-refractivity contribution in [2.75, 3.05) is 5.32 Å². The molecule has 1 saturated carbocycles. The first kappa shape index (κ1) is 27.9. The molecule has 1 heterocycles. The molecule has 1 aliphatic carbocycles. The maximum atomic E-state index is 12.0. The third-order valence-corrected chi connectivity index (χ3v) is 8.00. The van der Waals surface area contributed by atoms with E-state index < -0.39 is 20.2 Å². The Morgan fingerprint density at radius 1 is 1.06 bits per heavy atom. The minimum absolute atomic E-state index is 0. The Kier molecular flexibility index (Phi) is 8.35. The number of aromatic nitrogens is 2. The summed E-state index contributed by atoms with van der Waals surface area (Å²) >= 11 is 6.34. The molecule has 0 aliphatic heterocycles. The van der Waals surface area contributed by atoms with Crippen LogP contribution in [0.15, 0.2) is 47.5 Å². The number of nitrogens with one attached hydrogen (secondary N) is 3. The molecule has 2 aromatic carbocycles. The van der Waals surface area contributed by atoms with Crippen molar-refractivity contribution in [3.63, 3.8) is 0 Å². The van der Waals surface area contributed by atoms with Crippen LogP contribution in [0.4, 0.5) is 11.6 Å². The molecular weight excluding hydrogens is 526 g/mol. The molecular formula is C22H28ClN7O4S2. The molecule has 194 valence electrons. The zero-order valence-corrected chi connectivity index (χ0v) is 22.1. The highest BCUT2D eigenvalue weighted by molar-refractivity contribution is 7.89. The Labute approximate surface area is 215 Å². The lowest BCUT2D eigenvalue weighted by Gasteiger charge is -2.13. The Morgan fingerprint density at radius 3 is 2.22 bits per heavy atom. The van der Waals surface area contributed by atoms with Gasteiger partial charge < -0.3 is 11.5 Å². The molecule has 4 rings (SSSR count). The second-order valence-corrected chi connectivity index (χ2v) is 11.8. The second-order valence-electron chi connectivity index (χ2n) is 8.41. The Balaban J connectivity index is 0.00000361. The summed E-state index contributed by atoms with van der Waals surface area (Å²) in [4.78, 5) is 8.81. The number of anilines is 2. The highest BCUT2D eigenvalue weighted by Crippen LogP contribution is 2.29. The van der Waals surface area contributed by atoms with Crippen LogP contribution in [0.1, 0.15) is 29.5 Å². The van der Waals surface area contributed by atoms with Crippen LogP contribution in [-0.2, 0) is 26.8 Å². The number of rotatable bonds is 9. The highest BCUT2D eigenvalue weighted by Gasteiger charge is 2.26. The van der Waals surface area contributed by atoms with Crippen molar-refractivity contribution in [1.82, 2.24) is 25.6 Å². The lowest BCUT2D eigenvalue weighted by Crippen LogP contribution is -2.37. The quantitative estimate of drug-likeness (QED) is 0.267. The molecule has 8 N–H and O–H groups in total. The first-order valence-electron chi connectivity index (χ1n) is 10.7. The molecule has 0 radical (unpaired) electrons. The number of primary sulfonamides is 1. The van der Waals surface area contributed by atoms with E-state index in [2.05, 4.69) is 24.7 Å². The molecule has 1 aliphatic rings. The van der Waals surface area contributed by atoms with Crippen LogP contribution in [0.5, 0.6) is 0 Å². The monoisotopic (exact) mass is 553 g/mol. The first-order valence-corrected chi connectivity index (χ1v) is 14.1. The number of sulfonamides is 1. The summed E-state index contributed by atoms with van der Waals surface area (Å²) in [5.74, 6) is 0.273. The fourth-order valence-corrected chi connectivity index (χ4v) is 5.98. The summed E-state index contributed by atoms with van der Waals surface area (Å²) in [6, 6.07) is 10.5.